The van der Waals surface area contributed by atoms with Gasteiger partial charge in [-0.25, -0.2) is 4.98 Å². The standard InChI is InChI=1S/C43H28BrN3O/c1-25-15-16-28(44)20-41(25)48-29-17-18-31-34-22-35-33-13-8-12-32-30-11-6-7-14-37(30)47(43(32)33)40(35)23-39(34)46(38(31)21-29)42-19-26(2)36(24-45-42)27-9-4-3-5-10-27/h3-24H,1-2H3/i1D3,2D3. The number of nitrogens with zero attached hydrogens (tertiary/aromatic N) is 3. The molecule has 0 aliphatic carbocycles. The minimum Gasteiger partial charge on any atom is -0.457 e. The van der Waals surface area contributed by atoms with Crippen molar-refractivity contribution in [2.24, 2.45) is 0 Å². The Morgan fingerprint density at radius 2 is 1.35 bits per heavy atom. The molecule has 0 N–H and O–H groups in total. The number of hydrogen-bond donors (Lipinski definition) is 0. The number of aromatic nitrogens is 3. The van der Waals surface area contributed by atoms with E-state index in [1.54, 1.807) is 24.4 Å². The molecule has 228 valence electrons. The lowest BCUT2D eigenvalue weighted by Crippen LogP contribution is -1.99. The molecule has 48 heavy (non-hydrogen) atoms. The monoisotopic (exact) mass is 687 g/mol. The SMILES string of the molecule is [2H]C([2H])([2H])c1ccc(Br)cc1Oc1ccc2c3cc4c5cccc6c7ccccc7n(c4cc3n(-c3cc(C([2H])([2H])[2H])c(-c4ccccc4)cn3)c2c1)c65. The molecule has 4 heterocycles. The molecule has 10 aromatic rings. The second-order valence-corrected chi connectivity index (χ2v) is 13.1. The van der Waals surface area contributed by atoms with E-state index < -0.39 is 13.7 Å². The molecule has 0 unspecified atom stereocenters. The normalized spacial score (nSPS) is 14.4. The highest BCUT2D eigenvalue weighted by Gasteiger charge is 2.21. The van der Waals surface area contributed by atoms with Gasteiger partial charge in [-0.15, -0.1) is 0 Å². The first kappa shape index (κ1) is 22.0. The summed E-state index contributed by atoms with van der Waals surface area (Å²) < 4.78 is 61.4. The first-order valence-electron chi connectivity index (χ1n) is 18.6. The van der Waals surface area contributed by atoms with Crippen molar-refractivity contribution in [2.45, 2.75) is 13.7 Å². The molecular formula is C43H28BrN3O. The third kappa shape index (κ3) is 3.91. The van der Waals surface area contributed by atoms with Gasteiger partial charge in [-0.2, -0.15) is 0 Å². The predicted molar refractivity (Wildman–Crippen MR) is 202 cm³/mol. The van der Waals surface area contributed by atoms with E-state index in [2.05, 4.69) is 74.9 Å². The summed E-state index contributed by atoms with van der Waals surface area (Å²) in [5, 5.41) is 6.46. The number of aryl methyl sites for hydroxylation is 2. The Bertz CT molecular complexity index is 3130. The Balaban J connectivity index is 1.29. The summed E-state index contributed by atoms with van der Waals surface area (Å²) in [6.45, 7) is -4.82. The smallest absolute Gasteiger partial charge is 0.137 e. The van der Waals surface area contributed by atoms with E-state index in [1.165, 1.54) is 16.8 Å². The van der Waals surface area contributed by atoms with Crippen LogP contribution in [-0.4, -0.2) is 14.0 Å². The number of ether oxygens (including phenoxy) is 1. The van der Waals surface area contributed by atoms with Crippen molar-refractivity contribution in [1.82, 2.24) is 14.0 Å². The molecule has 0 fully saturated rings. The topological polar surface area (TPSA) is 31.5 Å². The molecule has 0 saturated carbocycles. The second kappa shape index (κ2) is 10.2. The molecule has 4 nitrogen and oxygen atoms in total. The van der Waals surface area contributed by atoms with Crippen LogP contribution in [0.2, 0.25) is 0 Å². The summed E-state index contributed by atoms with van der Waals surface area (Å²) in [5.74, 6) is 1.06. The molecular weight excluding hydrogens is 654 g/mol. The van der Waals surface area contributed by atoms with Crippen molar-refractivity contribution < 1.29 is 13.0 Å². The summed E-state index contributed by atoms with van der Waals surface area (Å²) in [4.78, 5) is 4.94. The highest BCUT2D eigenvalue weighted by molar-refractivity contribution is 9.10. The van der Waals surface area contributed by atoms with Crippen molar-refractivity contribution in [2.75, 3.05) is 0 Å². The lowest BCUT2D eigenvalue weighted by Gasteiger charge is -2.13. The quantitative estimate of drug-likeness (QED) is 0.184. The van der Waals surface area contributed by atoms with Crippen LogP contribution >= 0.6 is 15.9 Å². The lowest BCUT2D eigenvalue weighted by atomic mass is 10.0. The van der Waals surface area contributed by atoms with Crippen LogP contribution < -0.4 is 4.74 Å². The molecule has 6 aromatic carbocycles. The maximum absolute atomic E-state index is 8.58. The fourth-order valence-corrected chi connectivity index (χ4v) is 7.69. The Hall–Kier alpha value is -5.65. The van der Waals surface area contributed by atoms with Crippen molar-refractivity contribution >= 4 is 75.8 Å². The zero-order valence-electron chi connectivity index (χ0n) is 31.3. The zero-order valence-corrected chi connectivity index (χ0v) is 26.9. The molecule has 0 aliphatic rings. The van der Waals surface area contributed by atoms with E-state index in [1.807, 2.05) is 53.1 Å². The van der Waals surface area contributed by atoms with Crippen LogP contribution in [0, 0.1) is 13.7 Å². The van der Waals surface area contributed by atoms with Gasteiger partial charge in [-0.05, 0) is 78.9 Å². The highest BCUT2D eigenvalue weighted by Crippen LogP contribution is 2.43. The minimum atomic E-state index is -2.43. The molecule has 0 radical (unpaired) electrons. The van der Waals surface area contributed by atoms with E-state index in [4.69, 9.17) is 17.9 Å². The average molecular weight is 689 g/mol. The van der Waals surface area contributed by atoms with E-state index in [0.29, 0.717) is 21.6 Å². The van der Waals surface area contributed by atoms with Crippen LogP contribution in [0.3, 0.4) is 0 Å². The van der Waals surface area contributed by atoms with Gasteiger partial charge in [0.05, 0.1) is 27.6 Å². The first-order valence-corrected chi connectivity index (χ1v) is 16.4. The van der Waals surface area contributed by atoms with Gasteiger partial charge in [0.15, 0.2) is 0 Å². The van der Waals surface area contributed by atoms with E-state index in [9.17, 15) is 0 Å². The Morgan fingerprint density at radius 1 is 0.604 bits per heavy atom. The third-order valence-corrected chi connectivity index (χ3v) is 9.95. The number of fused-ring (bicyclic) bond motifs is 9. The number of benzene rings is 6. The Labute approximate surface area is 293 Å². The van der Waals surface area contributed by atoms with Gasteiger partial charge >= 0.3 is 0 Å². The largest absolute Gasteiger partial charge is 0.457 e. The van der Waals surface area contributed by atoms with Crippen LogP contribution in [0.15, 0.2) is 138 Å². The zero-order chi connectivity index (χ0) is 37.1. The molecule has 0 amide bonds. The predicted octanol–water partition coefficient (Wildman–Crippen LogP) is 12.2. The fourth-order valence-electron chi connectivity index (χ4n) is 7.35. The van der Waals surface area contributed by atoms with Crippen molar-refractivity contribution in [3.8, 4) is 28.4 Å². The number of halogens is 1. The van der Waals surface area contributed by atoms with Crippen LogP contribution in [0.25, 0.3) is 76.8 Å². The molecule has 5 heteroatoms. The van der Waals surface area contributed by atoms with Crippen molar-refractivity contribution in [3.63, 3.8) is 0 Å². The van der Waals surface area contributed by atoms with Crippen LogP contribution in [0.4, 0.5) is 0 Å². The maximum Gasteiger partial charge on any atom is 0.137 e. The fraction of sp³-hybridized carbons (Fsp3) is 0.0465. The number of pyridine rings is 1. The molecule has 0 saturated heterocycles. The second-order valence-electron chi connectivity index (χ2n) is 12.2. The molecule has 4 aromatic heterocycles. The van der Waals surface area contributed by atoms with Crippen molar-refractivity contribution in [3.05, 3.63) is 149 Å². The van der Waals surface area contributed by atoms with Gasteiger partial charge in [0.1, 0.15) is 17.3 Å². The van der Waals surface area contributed by atoms with Gasteiger partial charge in [-0.1, -0.05) is 88.7 Å². The minimum absolute atomic E-state index is 0.0900. The molecule has 10 rings (SSSR count). The van der Waals surface area contributed by atoms with E-state index >= 15 is 0 Å². The van der Waals surface area contributed by atoms with Crippen LogP contribution in [0.1, 0.15) is 19.4 Å². The maximum atomic E-state index is 8.58. The average Bonchev–Trinajstić information content (AvgIpc) is 3.77. The molecule has 0 bridgehead atoms. The molecule has 0 spiro atoms. The third-order valence-electron chi connectivity index (χ3n) is 9.46. The van der Waals surface area contributed by atoms with Crippen LogP contribution in [-0.2, 0) is 0 Å². The van der Waals surface area contributed by atoms with E-state index in [0.717, 1.165) is 54.7 Å². The van der Waals surface area contributed by atoms with Gasteiger partial charge in [0.25, 0.3) is 0 Å². The summed E-state index contributed by atoms with van der Waals surface area (Å²) in [6, 6.07) is 40.8. The summed E-state index contributed by atoms with van der Waals surface area (Å²) in [6.07, 6.45) is 1.64. The summed E-state index contributed by atoms with van der Waals surface area (Å²) in [7, 11) is 0. The number of rotatable bonds is 4. The van der Waals surface area contributed by atoms with Gasteiger partial charge in [-0.3, -0.25) is 4.57 Å². The highest BCUT2D eigenvalue weighted by atomic mass is 79.9. The van der Waals surface area contributed by atoms with Crippen LogP contribution in [0.5, 0.6) is 11.5 Å². The lowest BCUT2D eigenvalue weighted by molar-refractivity contribution is 0.479. The van der Waals surface area contributed by atoms with Gasteiger partial charge < -0.3 is 9.14 Å². The Morgan fingerprint density at radius 3 is 2.23 bits per heavy atom. The van der Waals surface area contributed by atoms with E-state index in [-0.39, 0.29) is 16.9 Å². The summed E-state index contributed by atoms with van der Waals surface area (Å²) in [5.41, 5.74) is 6.41. The molecule has 0 atom stereocenters. The van der Waals surface area contributed by atoms with Gasteiger partial charge in [0, 0.05) is 62.8 Å². The Kier molecular flexibility index (Phi) is 4.67. The summed E-state index contributed by atoms with van der Waals surface area (Å²) >= 11 is 3.46. The number of hydrogen-bond acceptors (Lipinski definition) is 2. The molecule has 0 aliphatic heterocycles. The van der Waals surface area contributed by atoms with Gasteiger partial charge in [0.2, 0.25) is 0 Å². The number of para-hydroxylation sites is 2. The van der Waals surface area contributed by atoms with Crippen molar-refractivity contribution in [1.29, 1.82) is 0 Å². The first-order chi connectivity index (χ1) is 26.0.